The van der Waals surface area contributed by atoms with Crippen LogP contribution in [-0.2, 0) is 6.42 Å². The molecule has 0 aromatic carbocycles. The molecule has 200 valence electrons. The van der Waals surface area contributed by atoms with Crippen molar-refractivity contribution in [2.45, 2.75) is 12.3 Å². The highest BCUT2D eigenvalue weighted by atomic mass is 79.9. The number of carbonyl (C=O) groups is 2. The summed E-state index contributed by atoms with van der Waals surface area (Å²) in [5, 5.41) is 6.07. The first-order chi connectivity index (χ1) is 18.1. The van der Waals surface area contributed by atoms with E-state index in [-0.39, 0.29) is 35.5 Å². The van der Waals surface area contributed by atoms with Crippen molar-refractivity contribution in [3.8, 4) is 0 Å². The molecule has 0 saturated heterocycles. The first kappa shape index (κ1) is 27.0. The number of nitrogens with one attached hydrogen (secondary N) is 6. The second-order valence-electron chi connectivity index (χ2n) is 8.91. The molecule has 4 aromatic rings. The van der Waals surface area contributed by atoms with E-state index in [0.717, 1.165) is 26.0 Å². The first-order valence-corrected chi connectivity index (χ1v) is 14.6. The van der Waals surface area contributed by atoms with Crippen molar-refractivity contribution in [3.05, 3.63) is 65.0 Å². The summed E-state index contributed by atoms with van der Waals surface area (Å²) < 4.78 is 2.80. The summed E-state index contributed by atoms with van der Waals surface area (Å²) in [6.45, 7) is 0.627. The van der Waals surface area contributed by atoms with Crippen molar-refractivity contribution >= 4 is 87.4 Å². The number of H-pyrrole nitrogens is 4. The van der Waals surface area contributed by atoms with Crippen LogP contribution in [0, 0.1) is 11.8 Å². The maximum atomic E-state index is 13.0. The molecule has 4 heterocycles. The van der Waals surface area contributed by atoms with E-state index in [1.165, 1.54) is 0 Å². The molecule has 0 unspecified atom stereocenters. The van der Waals surface area contributed by atoms with Gasteiger partial charge < -0.3 is 42.0 Å². The molecular weight excluding hydrogens is 756 g/mol. The molecule has 12 nitrogen and oxygen atoms in total. The van der Waals surface area contributed by atoms with Gasteiger partial charge in [0.25, 0.3) is 11.8 Å². The van der Waals surface area contributed by atoms with Crippen LogP contribution in [0.4, 0.5) is 11.9 Å². The first-order valence-electron chi connectivity index (χ1n) is 11.4. The minimum atomic E-state index is -0.312. The number of carbonyl (C=O) groups excluding carboxylic acids is 2. The normalized spacial score (nSPS) is 18.8. The van der Waals surface area contributed by atoms with Gasteiger partial charge in [-0.3, -0.25) is 9.59 Å². The molecule has 0 radical (unpaired) electrons. The molecule has 3 atom stereocenters. The maximum absolute atomic E-state index is 13.0. The average Bonchev–Trinajstić information content (AvgIpc) is 3.63. The Morgan fingerprint density at radius 2 is 1.76 bits per heavy atom. The van der Waals surface area contributed by atoms with Gasteiger partial charge in [0.05, 0.1) is 29.9 Å². The maximum Gasteiger partial charge on any atom is 0.268 e. The van der Waals surface area contributed by atoms with Crippen molar-refractivity contribution < 1.29 is 9.59 Å². The van der Waals surface area contributed by atoms with E-state index in [9.17, 15) is 9.59 Å². The predicted octanol–water partition coefficient (Wildman–Crippen LogP) is 3.78. The predicted molar refractivity (Wildman–Crippen MR) is 156 cm³/mol. The van der Waals surface area contributed by atoms with Crippen LogP contribution in [-0.4, -0.2) is 54.8 Å². The lowest BCUT2D eigenvalue weighted by Gasteiger charge is -2.37. The Kier molecular flexibility index (Phi) is 7.75. The molecule has 0 aliphatic heterocycles. The summed E-state index contributed by atoms with van der Waals surface area (Å²) in [5.74, 6) is -0.561. The number of nitrogens with zero attached hydrogens (tertiary/aromatic N) is 2. The number of fused-ring (bicyclic) bond motifs is 1. The van der Waals surface area contributed by atoms with E-state index in [0.29, 0.717) is 45.9 Å². The molecular formula is C22H22Br4N10O2. The van der Waals surface area contributed by atoms with Crippen molar-refractivity contribution in [3.63, 3.8) is 0 Å². The number of halogens is 4. The molecule has 0 fully saturated rings. The van der Waals surface area contributed by atoms with Gasteiger partial charge in [-0.25, -0.2) is 9.97 Å². The van der Waals surface area contributed by atoms with Gasteiger partial charge in [-0.05, 0) is 88.0 Å². The number of nitrogens with two attached hydrogens (primary N) is 2. The highest BCUT2D eigenvalue weighted by molar-refractivity contribution is 9.13. The van der Waals surface area contributed by atoms with E-state index in [1.807, 2.05) is 0 Å². The number of hydrogen-bond donors (Lipinski definition) is 8. The molecule has 1 aliphatic carbocycles. The Bertz CT molecular complexity index is 1490. The Hall–Kier alpha value is -2.56. The van der Waals surface area contributed by atoms with Crippen LogP contribution >= 0.6 is 63.7 Å². The highest BCUT2D eigenvalue weighted by Crippen LogP contribution is 2.42. The molecule has 38 heavy (non-hydrogen) atoms. The van der Waals surface area contributed by atoms with E-state index in [4.69, 9.17) is 11.5 Å². The number of hydrogen-bond acceptors (Lipinski definition) is 6. The van der Waals surface area contributed by atoms with E-state index in [2.05, 4.69) is 104 Å². The Morgan fingerprint density at radius 3 is 2.39 bits per heavy atom. The van der Waals surface area contributed by atoms with Gasteiger partial charge in [0.1, 0.15) is 11.4 Å². The Balaban J connectivity index is 1.44. The van der Waals surface area contributed by atoms with Crippen LogP contribution in [0.1, 0.15) is 44.0 Å². The Morgan fingerprint density at radius 1 is 1.00 bits per heavy atom. The molecule has 10 N–H and O–H groups in total. The zero-order valence-electron chi connectivity index (χ0n) is 19.5. The van der Waals surface area contributed by atoms with Crippen LogP contribution in [0.15, 0.2) is 36.5 Å². The van der Waals surface area contributed by atoms with Crippen LogP contribution in [0.25, 0.3) is 0 Å². The summed E-state index contributed by atoms with van der Waals surface area (Å²) in [7, 11) is 0. The topological polar surface area (TPSA) is 199 Å². The van der Waals surface area contributed by atoms with Crippen LogP contribution in [0.2, 0.25) is 0 Å². The lowest BCUT2D eigenvalue weighted by atomic mass is 9.71. The van der Waals surface area contributed by atoms with Crippen LogP contribution in [0.5, 0.6) is 0 Å². The largest absolute Gasteiger partial charge is 0.369 e. The monoisotopic (exact) mass is 774 g/mol. The number of aromatic amines is 4. The van der Waals surface area contributed by atoms with Gasteiger partial charge in [-0.1, -0.05) is 0 Å². The third-order valence-electron chi connectivity index (χ3n) is 6.57. The lowest BCUT2D eigenvalue weighted by molar-refractivity contribution is 0.0906. The summed E-state index contributed by atoms with van der Waals surface area (Å²) in [4.78, 5) is 46.9. The zero-order valence-corrected chi connectivity index (χ0v) is 25.8. The van der Waals surface area contributed by atoms with Crippen molar-refractivity contribution in [2.75, 3.05) is 24.6 Å². The number of imidazole rings is 2. The van der Waals surface area contributed by atoms with Gasteiger partial charge in [-0.2, -0.15) is 0 Å². The fraction of sp³-hybridized carbons (Fsp3) is 0.273. The van der Waals surface area contributed by atoms with Crippen molar-refractivity contribution in [2.24, 2.45) is 11.8 Å². The second-order valence-corrected chi connectivity index (χ2v) is 12.2. The van der Waals surface area contributed by atoms with Crippen molar-refractivity contribution in [1.29, 1.82) is 0 Å². The SMILES string of the molecule is Nc1ncc([C@@H]2c3nc(N)[nH]c3C[C@H](CNC(=O)c3[nH]cc(Br)c3Br)[C@H]2CNC(=O)c2cc(Br)c(Br)[nH]2)[nH]1. The molecule has 5 rings (SSSR count). The lowest BCUT2D eigenvalue weighted by Crippen LogP contribution is -2.44. The molecule has 16 heteroatoms. The Labute approximate surface area is 249 Å². The molecule has 0 saturated carbocycles. The van der Waals surface area contributed by atoms with Crippen LogP contribution in [0.3, 0.4) is 0 Å². The van der Waals surface area contributed by atoms with Gasteiger partial charge in [0.2, 0.25) is 0 Å². The standard InChI is InChI=1S/C22H22Br4N10O2/c23-9-2-12(33-18(9)26)19(37)31-4-8-7(3-30-20(38)17-15(25)10(24)5-29-17)1-11-16(36-22(28)34-11)14(8)13-6-32-21(27)35-13/h2,5-8,14,29,33H,1,3-4H2,(H,30,38)(H,31,37)(H3,27,32,35)(H3,28,34,36)/t7-,8-,14-/m1/s1. The molecule has 2 amide bonds. The van der Waals surface area contributed by atoms with Gasteiger partial charge in [-0.15, -0.1) is 0 Å². The number of amides is 2. The summed E-state index contributed by atoms with van der Waals surface area (Å²) in [5.41, 5.74) is 15.1. The quantitative estimate of drug-likeness (QED) is 0.140. The van der Waals surface area contributed by atoms with Crippen LogP contribution < -0.4 is 22.1 Å². The van der Waals surface area contributed by atoms with E-state index in [1.54, 1.807) is 18.5 Å². The third kappa shape index (κ3) is 5.31. The fourth-order valence-corrected chi connectivity index (χ4v) is 6.21. The molecule has 0 bridgehead atoms. The number of nitrogen functional groups attached to an aromatic ring is 2. The third-order valence-corrected chi connectivity index (χ3v) is 10.3. The summed E-state index contributed by atoms with van der Waals surface area (Å²) in [6, 6.07) is 1.70. The van der Waals surface area contributed by atoms with E-state index >= 15 is 0 Å². The highest BCUT2D eigenvalue weighted by Gasteiger charge is 2.41. The number of rotatable bonds is 7. The number of anilines is 2. The van der Waals surface area contributed by atoms with E-state index < -0.39 is 0 Å². The summed E-state index contributed by atoms with van der Waals surface area (Å²) >= 11 is 13.6. The smallest absolute Gasteiger partial charge is 0.268 e. The fourth-order valence-electron chi connectivity index (χ4n) is 4.83. The zero-order chi connectivity index (χ0) is 27.1. The van der Waals surface area contributed by atoms with Gasteiger partial charge in [0, 0.05) is 36.6 Å². The second kappa shape index (κ2) is 10.9. The molecule has 4 aromatic heterocycles. The minimum Gasteiger partial charge on any atom is -0.369 e. The summed E-state index contributed by atoms with van der Waals surface area (Å²) in [6.07, 6.45) is 3.92. The molecule has 0 spiro atoms. The average molecular weight is 778 g/mol. The van der Waals surface area contributed by atoms with Gasteiger partial charge in [0.15, 0.2) is 11.9 Å². The molecule has 1 aliphatic rings. The number of aromatic nitrogens is 6. The van der Waals surface area contributed by atoms with Gasteiger partial charge >= 0.3 is 0 Å². The van der Waals surface area contributed by atoms with Crippen molar-refractivity contribution in [1.82, 2.24) is 40.5 Å². The minimum absolute atomic E-state index is 0.0968.